The molecule has 3 heteroatoms. The van der Waals surface area contributed by atoms with Crippen LogP contribution in [0.15, 0.2) is 48.5 Å². The maximum Gasteiger partial charge on any atom is 0.124 e. The van der Waals surface area contributed by atoms with Crippen molar-refractivity contribution in [3.8, 4) is 5.75 Å². The molecule has 19 heavy (non-hydrogen) atoms. The first kappa shape index (κ1) is 13.9. The lowest BCUT2D eigenvalue weighted by molar-refractivity contribution is 0.313. The van der Waals surface area contributed by atoms with E-state index in [1.807, 2.05) is 48.5 Å². The van der Waals surface area contributed by atoms with Crippen LogP contribution in [0.3, 0.4) is 0 Å². The molecule has 100 valence electrons. The van der Waals surface area contributed by atoms with Gasteiger partial charge in [0.05, 0.1) is 12.6 Å². The van der Waals surface area contributed by atoms with Crippen molar-refractivity contribution in [3.05, 3.63) is 64.7 Å². The second kappa shape index (κ2) is 6.60. The van der Waals surface area contributed by atoms with Crippen LogP contribution in [0.1, 0.15) is 30.5 Å². The minimum Gasteiger partial charge on any atom is -0.493 e. The van der Waals surface area contributed by atoms with E-state index in [1.54, 1.807) is 0 Å². The van der Waals surface area contributed by atoms with Crippen LogP contribution in [-0.4, -0.2) is 6.61 Å². The van der Waals surface area contributed by atoms with Crippen molar-refractivity contribution in [2.24, 2.45) is 5.73 Å². The van der Waals surface area contributed by atoms with Gasteiger partial charge in [-0.25, -0.2) is 0 Å². The molecule has 1 unspecified atom stereocenters. The summed E-state index contributed by atoms with van der Waals surface area (Å²) in [5, 5.41) is 0.694. The number of halogens is 1. The Labute approximate surface area is 119 Å². The molecular formula is C16H18ClNO. The van der Waals surface area contributed by atoms with Crippen LogP contribution in [0.5, 0.6) is 5.75 Å². The molecule has 0 bridgehead atoms. The first-order valence-electron chi connectivity index (χ1n) is 6.45. The number of ether oxygens (including phenoxy) is 1. The van der Waals surface area contributed by atoms with Gasteiger partial charge in [-0.15, -0.1) is 0 Å². The van der Waals surface area contributed by atoms with Crippen molar-refractivity contribution in [1.82, 2.24) is 0 Å². The Kier molecular flexibility index (Phi) is 4.83. The number of hydrogen-bond acceptors (Lipinski definition) is 2. The molecule has 0 aliphatic rings. The Morgan fingerprint density at radius 1 is 1.16 bits per heavy atom. The molecule has 2 aromatic carbocycles. The first-order chi connectivity index (χ1) is 9.22. The van der Waals surface area contributed by atoms with Crippen LogP contribution >= 0.6 is 11.6 Å². The van der Waals surface area contributed by atoms with E-state index in [0.29, 0.717) is 11.6 Å². The maximum absolute atomic E-state index is 6.32. The highest BCUT2D eigenvalue weighted by Gasteiger charge is 2.14. The van der Waals surface area contributed by atoms with Crippen LogP contribution in [0.4, 0.5) is 0 Å². The second-order valence-electron chi connectivity index (χ2n) is 4.42. The lowest BCUT2D eigenvalue weighted by Crippen LogP contribution is -2.13. The molecule has 0 saturated heterocycles. The molecule has 0 spiro atoms. The molecular weight excluding hydrogens is 258 g/mol. The fourth-order valence-electron chi connectivity index (χ4n) is 1.96. The van der Waals surface area contributed by atoms with Crippen LogP contribution in [-0.2, 0) is 0 Å². The highest BCUT2D eigenvalue weighted by atomic mass is 35.5. The predicted octanol–water partition coefficient (Wildman–Crippen LogP) is 4.18. The smallest absolute Gasteiger partial charge is 0.124 e. The normalized spacial score (nSPS) is 12.2. The van der Waals surface area contributed by atoms with Crippen LogP contribution in [0, 0.1) is 0 Å². The lowest BCUT2D eigenvalue weighted by atomic mass is 9.99. The summed E-state index contributed by atoms with van der Waals surface area (Å²) in [6, 6.07) is 15.3. The number of nitrogens with two attached hydrogens (primary N) is 1. The molecule has 0 aromatic heterocycles. The van der Waals surface area contributed by atoms with Crippen molar-refractivity contribution in [2.45, 2.75) is 19.4 Å². The van der Waals surface area contributed by atoms with Crippen LogP contribution in [0.25, 0.3) is 0 Å². The van der Waals surface area contributed by atoms with E-state index in [1.165, 1.54) is 0 Å². The average molecular weight is 276 g/mol. The molecule has 0 fully saturated rings. The molecule has 0 radical (unpaired) electrons. The van der Waals surface area contributed by atoms with E-state index in [0.717, 1.165) is 23.3 Å². The highest BCUT2D eigenvalue weighted by molar-refractivity contribution is 6.30. The quantitative estimate of drug-likeness (QED) is 0.888. The molecule has 0 aliphatic carbocycles. The molecule has 2 N–H and O–H groups in total. The van der Waals surface area contributed by atoms with E-state index >= 15 is 0 Å². The van der Waals surface area contributed by atoms with Crippen LogP contribution < -0.4 is 10.5 Å². The summed E-state index contributed by atoms with van der Waals surface area (Å²) in [4.78, 5) is 0. The molecule has 2 aromatic rings. The van der Waals surface area contributed by atoms with E-state index in [2.05, 4.69) is 6.92 Å². The number of rotatable bonds is 5. The summed E-state index contributed by atoms with van der Waals surface area (Å²) in [5.41, 5.74) is 8.29. The topological polar surface area (TPSA) is 35.2 Å². The fourth-order valence-corrected chi connectivity index (χ4v) is 2.16. The fraction of sp³-hybridized carbons (Fsp3) is 0.250. The minimum absolute atomic E-state index is 0.230. The summed E-state index contributed by atoms with van der Waals surface area (Å²) in [7, 11) is 0. The number of benzene rings is 2. The Hall–Kier alpha value is -1.51. The van der Waals surface area contributed by atoms with E-state index in [4.69, 9.17) is 22.1 Å². The SMILES string of the molecule is CCCOc1ccccc1C(N)c1cccc(Cl)c1. The number of hydrogen-bond donors (Lipinski definition) is 1. The summed E-state index contributed by atoms with van der Waals surface area (Å²) < 4.78 is 5.75. The van der Waals surface area contributed by atoms with Gasteiger partial charge in [0.2, 0.25) is 0 Å². The monoisotopic (exact) mass is 275 g/mol. The van der Waals surface area contributed by atoms with E-state index in [9.17, 15) is 0 Å². The second-order valence-corrected chi connectivity index (χ2v) is 4.86. The Bertz CT molecular complexity index is 542. The van der Waals surface area contributed by atoms with Gasteiger partial charge in [-0.05, 0) is 30.2 Å². The van der Waals surface area contributed by atoms with Crippen molar-refractivity contribution in [2.75, 3.05) is 6.61 Å². The van der Waals surface area contributed by atoms with Crippen molar-refractivity contribution < 1.29 is 4.74 Å². The third-order valence-corrected chi connectivity index (χ3v) is 3.16. The molecule has 2 nitrogen and oxygen atoms in total. The standard InChI is InChI=1S/C16H18ClNO/c1-2-10-19-15-9-4-3-8-14(15)16(18)12-6-5-7-13(17)11-12/h3-9,11,16H,2,10,18H2,1H3. The summed E-state index contributed by atoms with van der Waals surface area (Å²) >= 11 is 6.01. The van der Waals surface area contributed by atoms with Crippen molar-refractivity contribution in [1.29, 1.82) is 0 Å². The Morgan fingerprint density at radius 2 is 1.95 bits per heavy atom. The summed E-state index contributed by atoms with van der Waals surface area (Å²) in [5.74, 6) is 0.844. The molecule has 1 atom stereocenters. The molecule has 2 rings (SSSR count). The van der Waals surface area contributed by atoms with Gasteiger partial charge >= 0.3 is 0 Å². The van der Waals surface area contributed by atoms with Crippen LogP contribution in [0.2, 0.25) is 5.02 Å². The lowest BCUT2D eigenvalue weighted by Gasteiger charge is -2.17. The Balaban J connectivity index is 2.30. The third kappa shape index (κ3) is 3.49. The van der Waals surface area contributed by atoms with Gasteiger partial charge < -0.3 is 10.5 Å². The van der Waals surface area contributed by atoms with Crippen molar-refractivity contribution >= 4 is 11.6 Å². The highest BCUT2D eigenvalue weighted by Crippen LogP contribution is 2.29. The molecule has 0 amide bonds. The summed E-state index contributed by atoms with van der Waals surface area (Å²) in [6.07, 6.45) is 0.973. The van der Waals surface area contributed by atoms with Gasteiger partial charge in [-0.1, -0.05) is 48.9 Å². The van der Waals surface area contributed by atoms with Gasteiger partial charge in [0.15, 0.2) is 0 Å². The zero-order valence-electron chi connectivity index (χ0n) is 11.0. The predicted molar refractivity (Wildman–Crippen MR) is 79.7 cm³/mol. The van der Waals surface area contributed by atoms with E-state index in [-0.39, 0.29) is 6.04 Å². The molecule has 0 aliphatic heterocycles. The molecule has 0 heterocycles. The van der Waals surface area contributed by atoms with Gasteiger partial charge in [-0.3, -0.25) is 0 Å². The number of para-hydroxylation sites is 1. The molecule has 0 saturated carbocycles. The van der Waals surface area contributed by atoms with E-state index < -0.39 is 0 Å². The van der Waals surface area contributed by atoms with Gasteiger partial charge in [0, 0.05) is 10.6 Å². The van der Waals surface area contributed by atoms with Gasteiger partial charge in [0.1, 0.15) is 5.75 Å². The third-order valence-electron chi connectivity index (χ3n) is 2.92. The maximum atomic E-state index is 6.32. The zero-order valence-corrected chi connectivity index (χ0v) is 11.7. The summed E-state index contributed by atoms with van der Waals surface area (Å²) in [6.45, 7) is 2.78. The Morgan fingerprint density at radius 3 is 2.68 bits per heavy atom. The zero-order chi connectivity index (χ0) is 13.7. The van der Waals surface area contributed by atoms with Gasteiger partial charge in [0.25, 0.3) is 0 Å². The first-order valence-corrected chi connectivity index (χ1v) is 6.83. The van der Waals surface area contributed by atoms with Gasteiger partial charge in [-0.2, -0.15) is 0 Å². The average Bonchev–Trinajstić information content (AvgIpc) is 2.44. The largest absolute Gasteiger partial charge is 0.493 e. The minimum atomic E-state index is -0.230. The van der Waals surface area contributed by atoms with Crippen molar-refractivity contribution in [3.63, 3.8) is 0 Å².